The highest BCUT2D eigenvalue weighted by molar-refractivity contribution is 6.30. The lowest BCUT2D eigenvalue weighted by molar-refractivity contribution is -0.137. The lowest BCUT2D eigenvalue weighted by Gasteiger charge is -2.26. The van der Waals surface area contributed by atoms with E-state index < -0.39 is 17.8 Å². The van der Waals surface area contributed by atoms with Gasteiger partial charge in [-0.3, -0.25) is 10.1 Å². The van der Waals surface area contributed by atoms with Crippen LogP contribution in [0.3, 0.4) is 0 Å². The highest BCUT2D eigenvalue weighted by Crippen LogP contribution is 2.33. The molecule has 0 aromatic heterocycles. The summed E-state index contributed by atoms with van der Waals surface area (Å²) in [5, 5.41) is 6.65. The number of likely N-dealkylation sites (N-methyl/N-ethyl adjacent to an activating group) is 1. The fourth-order valence-electron chi connectivity index (χ4n) is 3.91. The van der Waals surface area contributed by atoms with E-state index >= 15 is 0 Å². The van der Waals surface area contributed by atoms with E-state index in [-0.39, 0.29) is 11.9 Å². The van der Waals surface area contributed by atoms with Crippen LogP contribution in [-0.4, -0.2) is 27.2 Å². The monoisotopic (exact) mass is 520 g/mol. The Morgan fingerprint density at radius 2 is 1.53 bits per heavy atom. The summed E-state index contributed by atoms with van der Waals surface area (Å²) in [6, 6.07) is 16.5. The number of carbonyl (C=O) groups excluding carboxylic acids is 1. The highest BCUT2D eigenvalue weighted by atomic mass is 35.5. The van der Waals surface area contributed by atoms with Gasteiger partial charge in [-0.05, 0) is 65.9 Å². The van der Waals surface area contributed by atoms with E-state index in [2.05, 4.69) is 10.6 Å². The van der Waals surface area contributed by atoms with Crippen LogP contribution in [0.15, 0.2) is 66.7 Å². The number of benzene rings is 3. The van der Waals surface area contributed by atoms with Gasteiger partial charge in [-0.2, -0.15) is 13.2 Å². The molecule has 0 heterocycles. The lowest BCUT2D eigenvalue weighted by atomic mass is 9.95. The maximum absolute atomic E-state index is 12.9. The van der Waals surface area contributed by atoms with E-state index in [0.717, 1.165) is 28.8 Å². The molecule has 0 spiro atoms. The lowest BCUT2D eigenvalue weighted by Crippen LogP contribution is -2.38. The van der Waals surface area contributed by atoms with Crippen LogP contribution in [0.4, 0.5) is 13.2 Å². The minimum absolute atomic E-state index is 0.239. The van der Waals surface area contributed by atoms with Gasteiger partial charge in [-0.1, -0.05) is 41.9 Å². The van der Waals surface area contributed by atoms with E-state index in [1.54, 1.807) is 44.5 Å². The van der Waals surface area contributed by atoms with Gasteiger partial charge in [0, 0.05) is 18.1 Å². The van der Waals surface area contributed by atoms with Crippen molar-refractivity contribution in [2.75, 3.05) is 21.3 Å². The summed E-state index contributed by atoms with van der Waals surface area (Å²) in [5.41, 5.74) is 1.61. The summed E-state index contributed by atoms with van der Waals surface area (Å²) in [5.74, 6) is 0.847. The number of rotatable bonds is 10. The molecular weight excluding hydrogens is 493 g/mol. The minimum atomic E-state index is -4.39. The first-order valence-electron chi connectivity index (χ1n) is 11.3. The molecule has 0 bridgehead atoms. The zero-order chi connectivity index (χ0) is 26.3. The standard InChI is InChI=1S/C27H28ClF3N2O3/c1-32-26(34)25(18-7-12-21(28)13-8-18)33-22(19-9-15-23(35-2)24(16-19)36-3)14-6-17-4-10-20(11-5-17)27(29,30)31/h4-5,7-13,15-16,22,25,33H,6,14H2,1-3H3,(H,32,34)/t22-,25+/m1/s1. The number of halogens is 4. The van der Waals surface area contributed by atoms with Crippen LogP contribution in [0.1, 0.15) is 40.8 Å². The molecule has 0 saturated heterocycles. The zero-order valence-electron chi connectivity index (χ0n) is 20.2. The second kappa shape index (κ2) is 12.1. The Kier molecular flexibility index (Phi) is 9.23. The van der Waals surface area contributed by atoms with Crippen molar-refractivity contribution >= 4 is 17.5 Å². The van der Waals surface area contributed by atoms with Gasteiger partial charge in [-0.25, -0.2) is 0 Å². The maximum Gasteiger partial charge on any atom is 0.416 e. The second-order valence-electron chi connectivity index (χ2n) is 8.17. The van der Waals surface area contributed by atoms with Crippen LogP contribution >= 0.6 is 11.6 Å². The Morgan fingerprint density at radius 3 is 2.08 bits per heavy atom. The topological polar surface area (TPSA) is 59.6 Å². The number of alkyl halides is 3. The molecule has 0 aliphatic heterocycles. The number of amides is 1. The van der Waals surface area contributed by atoms with Gasteiger partial charge in [0.2, 0.25) is 5.91 Å². The molecule has 0 aliphatic carbocycles. The quantitative estimate of drug-likeness (QED) is 0.338. The van der Waals surface area contributed by atoms with Gasteiger partial charge in [0.25, 0.3) is 0 Å². The van der Waals surface area contributed by atoms with Crippen molar-refractivity contribution in [3.05, 3.63) is 94.0 Å². The molecule has 5 nitrogen and oxygen atoms in total. The average molecular weight is 521 g/mol. The molecule has 2 atom stereocenters. The summed E-state index contributed by atoms with van der Waals surface area (Å²) in [6.07, 6.45) is -3.41. The molecular formula is C27H28ClF3N2O3. The molecule has 0 radical (unpaired) electrons. The number of carbonyl (C=O) groups is 1. The number of methoxy groups -OCH3 is 2. The fourth-order valence-corrected chi connectivity index (χ4v) is 4.04. The van der Waals surface area contributed by atoms with Crippen LogP contribution in [0.25, 0.3) is 0 Å². The second-order valence-corrected chi connectivity index (χ2v) is 8.60. The molecule has 0 saturated carbocycles. The van der Waals surface area contributed by atoms with E-state index in [1.165, 1.54) is 19.2 Å². The Morgan fingerprint density at radius 1 is 0.917 bits per heavy atom. The Hall–Kier alpha value is -3.23. The van der Waals surface area contributed by atoms with Crippen LogP contribution < -0.4 is 20.1 Å². The van der Waals surface area contributed by atoms with E-state index in [4.69, 9.17) is 21.1 Å². The normalized spacial score (nSPS) is 13.1. The fraction of sp³-hybridized carbons (Fsp3) is 0.296. The predicted octanol–water partition coefficient (Wildman–Crippen LogP) is 6.13. The van der Waals surface area contributed by atoms with Crippen molar-refractivity contribution in [3.63, 3.8) is 0 Å². The van der Waals surface area contributed by atoms with Crippen LogP contribution in [0.2, 0.25) is 5.02 Å². The van der Waals surface area contributed by atoms with Crippen molar-refractivity contribution in [1.82, 2.24) is 10.6 Å². The Bertz CT molecular complexity index is 1150. The first-order valence-corrected chi connectivity index (χ1v) is 11.6. The molecule has 9 heteroatoms. The molecule has 2 N–H and O–H groups in total. The molecule has 0 unspecified atom stereocenters. The molecule has 3 aromatic carbocycles. The highest BCUT2D eigenvalue weighted by Gasteiger charge is 2.30. The molecule has 3 rings (SSSR count). The average Bonchev–Trinajstić information content (AvgIpc) is 2.88. The summed E-state index contributed by atoms with van der Waals surface area (Å²) < 4.78 is 49.6. The molecule has 3 aromatic rings. The number of hydrogen-bond acceptors (Lipinski definition) is 4. The molecule has 1 amide bonds. The first kappa shape index (κ1) is 27.4. The van der Waals surface area contributed by atoms with Crippen molar-refractivity contribution in [2.45, 2.75) is 31.1 Å². The third-order valence-corrected chi connectivity index (χ3v) is 6.14. The van der Waals surface area contributed by atoms with Crippen molar-refractivity contribution < 1.29 is 27.4 Å². The molecule has 0 aliphatic rings. The number of hydrogen-bond donors (Lipinski definition) is 2. The van der Waals surface area contributed by atoms with Gasteiger partial charge in [-0.15, -0.1) is 0 Å². The number of aryl methyl sites for hydroxylation is 1. The summed E-state index contributed by atoms with van der Waals surface area (Å²) >= 11 is 6.03. The predicted molar refractivity (Wildman–Crippen MR) is 133 cm³/mol. The van der Waals surface area contributed by atoms with Crippen molar-refractivity contribution in [2.24, 2.45) is 0 Å². The summed E-state index contributed by atoms with van der Waals surface area (Å²) in [6.45, 7) is 0. The van der Waals surface area contributed by atoms with Crippen LogP contribution in [-0.2, 0) is 17.4 Å². The first-order chi connectivity index (χ1) is 17.2. The molecule has 36 heavy (non-hydrogen) atoms. The number of ether oxygens (including phenoxy) is 2. The minimum Gasteiger partial charge on any atom is -0.493 e. The van der Waals surface area contributed by atoms with Crippen molar-refractivity contribution in [1.29, 1.82) is 0 Å². The largest absolute Gasteiger partial charge is 0.493 e. The van der Waals surface area contributed by atoms with Gasteiger partial charge >= 0.3 is 6.18 Å². The maximum atomic E-state index is 12.9. The Labute approximate surface area is 213 Å². The smallest absolute Gasteiger partial charge is 0.416 e. The SMILES string of the molecule is CNC(=O)[C@@H](N[C@H](CCc1ccc(C(F)(F)F)cc1)c1ccc(OC)c(OC)c1)c1ccc(Cl)cc1. The Balaban J connectivity index is 1.93. The van der Waals surface area contributed by atoms with Crippen LogP contribution in [0, 0.1) is 0 Å². The van der Waals surface area contributed by atoms with E-state index in [9.17, 15) is 18.0 Å². The van der Waals surface area contributed by atoms with Gasteiger partial charge < -0.3 is 14.8 Å². The third kappa shape index (κ3) is 6.92. The number of nitrogens with one attached hydrogen (secondary N) is 2. The third-order valence-electron chi connectivity index (χ3n) is 5.89. The molecule has 0 fully saturated rings. The van der Waals surface area contributed by atoms with Gasteiger partial charge in [0.1, 0.15) is 6.04 Å². The van der Waals surface area contributed by atoms with Crippen LogP contribution in [0.5, 0.6) is 11.5 Å². The zero-order valence-corrected chi connectivity index (χ0v) is 20.9. The van der Waals surface area contributed by atoms with Gasteiger partial charge in [0.15, 0.2) is 11.5 Å². The van der Waals surface area contributed by atoms with Gasteiger partial charge in [0.05, 0.1) is 19.8 Å². The summed E-state index contributed by atoms with van der Waals surface area (Å²) in [7, 11) is 4.63. The van der Waals surface area contributed by atoms with E-state index in [1.807, 2.05) is 12.1 Å². The van der Waals surface area contributed by atoms with E-state index in [0.29, 0.717) is 29.4 Å². The summed E-state index contributed by atoms with van der Waals surface area (Å²) in [4.78, 5) is 12.8. The molecule has 192 valence electrons. The van der Waals surface area contributed by atoms with Crippen molar-refractivity contribution in [3.8, 4) is 11.5 Å².